The summed E-state index contributed by atoms with van der Waals surface area (Å²) in [6.07, 6.45) is 1.63. The molecule has 1 N–H and O–H groups in total. The second-order valence-corrected chi connectivity index (χ2v) is 5.25. The molecule has 1 rings (SSSR count). The third-order valence-electron chi connectivity index (χ3n) is 2.91. The zero-order valence-electron chi connectivity index (χ0n) is 11.0. The van der Waals surface area contributed by atoms with E-state index in [9.17, 15) is 0 Å². The molecule has 0 radical (unpaired) electrons. The standard InChI is InChI=1S/C12H23N3O/c1-6-11-14-10(15-16-11)7-8-13-9(2)12(3,4)5/h9,13H,6-8H2,1-5H3. The molecule has 16 heavy (non-hydrogen) atoms. The number of aromatic nitrogens is 2. The minimum absolute atomic E-state index is 0.284. The lowest BCUT2D eigenvalue weighted by Crippen LogP contribution is -2.38. The molecular formula is C12H23N3O. The molecule has 0 spiro atoms. The first-order valence-corrected chi connectivity index (χ1v) is 5.98. The van der Waals surface area contributed by atoms with Gasteiger partial charge in [-0.05, 0) is 12.3 Å². The Hall–Kier alpha value is -0.900. The zero-order valence-corrected chi connectivity index (χ0v) is 11.0. The number of aryl methyl sites for hydroxylation is 1. The molecule has 92 valence electrons. The van der Waals surface area contributed by atoms with Crippen LogP contribution in [0.3, 0.4) is 0 Å². The van der Waals surface area contributed by atoms with E-state index in [1.165, 1.54) is 0 Å². The molecule has 0 bridgehead atoms. The Labute approximate surface area is 97.8 Å². The van der Waals surface area contributed by atoms with Gasteiger partial charge in [0.25, 0.3) is 0 Å². The highest BCUT2D eigenvalue weighted by Crippen LogP contribution is 2.18. The van der Waals surface area contributed by atoms with Crippen LogP contribution in [0.2, 0.25) is 0 Å². The molecule has 0 fully saturated rings. The van der Waals surface area contributed by atoms with Crippen molar-refractivity contribution in [1.82, 2.24) is 15.5 Å². The number of hydrogen-bond donors (Lipinski definition) is 1. The van der Waals surface area contributed by atoms with E-state index in [0.29, 0.717) is 6.04 Å². The molecule has 1 aromatic rings. The topological polar surface area (TPSA) is 51.0 Å². The van der Waals surface area contributed by atoms with Crippen molar-refractivity contribution in [2.45, 2.75) is 53.5 Å². The summed E-state index contributed by atoms with van der Waals surface area (Å²) >= 11 is 0. The average molecular weight is 225 g/mol. The number of nitrogens with one attached hydrogen (secondary N) is 1. The van der Waals surface area contributed by atoms with E-state index in [-0.39, 0.29) is 5.41 Å². The highest BCUT2D eigenvalue weighted by Gasteiger charge is 2.19. The van der Waals surface area contributed by atoms with Crippen molar-refractivity contribution < 1.29 is 4.52 Å². The monoisotopic (exact) mass is 225 g/mol. The Morgan fingerprint density at radius 1 is 1.38 bits per heavy atom. The predicted molar refractivity (Wildman–Crippen MR) is 64.3 cm³/mol. The normalized spacial score (nSPS) is 14.1. The van der Waals surface area contributed by atoms with Crippen molar-refractivity contribution in [3.8, 4) is 0 Å². The summed E-state index contributed by atoms with van der Waals surface area (Å²) in [4.78, 5) is 4.27. The second kappa shape index (κ2) is 5.43. The fourth-order valence-electron chi connectivity index (χ4n) is 1.24. The van der Waals surface area contributed by atoms with Gasteiger partial charge in [-0.2, -0.15) is 4.98 Å². The van der Waals surface area contributed by atoms with Crippen LogP contribution < -0.4 is 5.32 Å². The van der Waals surface area contributed by atoms with Crippen molar-refractivity contribution in [3.63, 3.8) is 0 Å². The van der Waals surface area contributed by atoms with Crippen LogP contribution in [0.1, 0.15) is 46.3 Å². The van der Waals surface area contributed by atoms with Crippen LogP contribution in [0.5, 0.6) is 0 Å². The molecule has 0 amide bonds. The van der Waals surface area contributed by atoms with E-state index in [0.717, 1.165) is 31.1 Å². The van der Waals surface area contributed by atoms with E-state index < -0.39 is 0 Å². The van der Waals surface area contributed by atoms with Crippen molar-refractivity contribution in [1.29, 1.82) is 0 Å². The Balaban J connectivity index is 2.30. The smallest absolute Gasteiger partial charge is 0.226 e. The SMILES string of the molecule is CCc1nc(CCNC(C)C(C)(C)C)no1. The molecule has 4 heteroatoms. The molecular weight excluding hydrogens is 202 g/mol. The van der Waals surface area contributed by atoms with Gasteiger partial charge in [0.2, 0.25) is 5.89 Å². The zero-order chi connectivity index (χ0) is 12.2. The molecule has 4 nitrogen and oxygen atoms in total. The van der Waals surface area contributed by atoms with Crippen LogP contribution in [-0.2, 0) is 12.8 Å². The molecule has 1 unspecified atom stereocenters. The maximum absolute atomic E-state index is 5.05. The van der Waals surface area contributed by atoms with Crippen molar-refractivity contribution in [3.05, 3.63) is 11.7 Å². The molecule has 0 aliphatic carbocycles. The Bertz CT molecular complexity index is 314. The van der Waals surface area contributed by atoms with E-state index in [1.54, 1.807) is 0 Å². The molecule has 0 aliphatic rings. The first kappa shape index (κ1) is 13.2. The molecule has 0 aliphatic heterocycles. The number of hydrogen-bond acceptors (Lipinski definition) is 4. The number of rotatable bonds is 5. The minimum atomic E-state index is 0.284. The third-order valence-corrected chi connectivity index (χ3v) is 2.91. The lowest BCUT2D eigenvalue weighted by molar-refractivity contribution is 0.287. The van der Waals surface area contributed by atoms with E-state index in [2.05, 4.69) is 43.2 Å². The van der Waals surface area contributed by atoms with Gasteiger partial charge in [-0.25, -0.2) is 0 Å². The highest BCUT2D eigenvalue weighted by molar-refractivity contribution is 4.87. The summed E-state index contributed by atoms with van der Waals surface area (Å²) in [6, 6.07) is 0.477. The average Bonchev–Trinajstić information content (AvgIpc) is 2.64. The van der Waals surface area contributed by atoms with Gasteiger partial charge in [0, 0.05) is 25.4 Å². The van der Waals surface area contributed by atoms with E-state index in [4.69, 9.17) is 4.52 Å². The number of nitrogens with zero attached hydrogens (tertiary/aromatic N) is 2. The van der Waals surface area contributed by atoms with Crippen LogP contribution >= 0.6 is 0 Å². The van der Waals surface area contributed by atoms with Crippen molar-refractivity contribution in [2.24, 2.45) is 5.41 Å². The summed E-state index contributed by atoms with van der Waals surface area (Å²) in [7, 11) is 0. The molecule has 1 atom stereocenters. The Morgan fingerprint density at radius 2 is 2.06 bits per heavy atom. The van der Waals surface area contributed by atoms with Crippen LogP contribution in [0, 0.1) is 5.41 Å². The van der Waals surface area contributed by atoms with Crippen molar-refractivity contribution >= 4 is 0 Å². The minimum Gasteiger partial charge on any atom is -0.339 e. The predicted octanol–water partition coefficient (Wildman–Crippen LogP) is 2.20. The van der Waals surface area contributed by atoms with Gasteiger partial charge in [-0.15, -0.1) is 0 Å². The fourth-order valence-corrected chi connectivity index (χ4v) is 1.24. The van der Waals surface area contributed by atoms with Crippen LogP contribution in [0.4, 0.5) is 0 Å². The largest absolute Gasteiger partial charge is 0.339 e. The summed E-state index contributed by atoms with van der Waals surface area (Å²) < 4.78 is 5.05. The molecule has 0 aromatic carbocycles. The van der Waals surface area contributed by atoms with Gasteiger partial charge in [-0.3, -0.25) is 0 Å². The lowest BCUT2D eigenvalue weighted by atomic mass is 9.88. The first-order chi connectivity index (χ1) is 7.43. The summed E-state index contributed by atoms with van der Waals surface area (Å²) in [5, 5.41) is 7.40. The van der Waals surface area contributed by atoms with Crippen molar-refractivity contribution in [2.75, 3.05) is 6.54 Å². The van der Waals surface area contributed by atoms with Gasteiger partial charge in [-0.1, -0.05) is 32.9 Å². The third kappa shape index (κ3) is 3.93. The van der Waals surface area contributed by atoms with E-state index >= 15 is 0 Å². The van der Waals surface area contributed by atoms with Gasteiger partial charge < -0.3 is 9.84 Å². The molecule has 1 aromatic heterocycles. The second-order valence-electron chi connectivity index (χ2n) is 5.25. The summed E-state index contributed by atoms with van der Waals surface area (Å²) in [5.41, 5.74) is 0.284. The van der Waals surface area contributed by atoms with Gasteiger partial charge >= 0.3 is 0 Å². The summed E-state index contributed by atoms with van der Waals surface area (Å²) in [6.45, 7) is 11.8. The Morgan fingerprint density at radius 3 is 2.56 bits per heavy atom. The fraction of sp³-hybridized carbons (Fsp3) is 0.833. The maximum Gasteiger partial charge on any atom is 0.226 e. The highest BCUT2D eigenvalue weighted by atomic mass is 16.5. The molecule has 0 saturated heterocycles. The Kier molecular flexibility index (Phi) is 4.47. The van der Waals surface area contributed by atoms with Crippen LogP contribution in [-0.4, -0.2) is 22.7 Å². The first-order valence-electron chi connectivity index (χ1n) is 5.98. The van der Waals surface area contributed by atoms with Gasteiger partial charge in [0.05, 0.1) is 0 Å². The van der Waals surface area contributed by atoms with E-state index in [1.807, 2.05) is 6.92 Å². The van der Waals surface area contributed by atoms with Crippen LogP contribution in [0.15, 0.2) is 4.52 Å². The van der Waals surface area contributed by atoms with Gasteiger partial charge in [0.1, 0.15) is 0 Å². The van der Waals surface area contributed by atoms with Crippen LogP contribution in [0.25, 0.3) is 0 Å². The molecule has 1 heterocycles. The summed E-state index contributed by atoms with van der Waals surface area (Å²) in [5.74, 6) is 1.52. The molecule has 0 saturated carbocycles. The van der Waals surface area contributed by atoms with Gasteiger partial charge in [0.15, 0.2) is 5.82 Å². The quantitative estimate of drug-likeness (QED) is 0.834. The maximum atomic E-state index is 5.05. The lowest BCUT2D eigenvalue weighted by Gasteiger charge is -2.28.